The molecular weight excluding hydrogens is 368 g/mol. The van der Waals surface area contributed by atoms with Gasteiger partial charge in [-0.3, -0.25) is 14.6 Å². The van der Waals surface area contributed by atoms with E-state index in [2.05, 4.69) is 34.1 Å². The molecule has 1 N–H and O–H groups in total. The van der Waals surface area contributed by atoms with Crippen LogP contribution in [0.25, 0.3) is 11.0 Å². The minimum absolute atomic E-state index is 0.0312. The van der Waals surface area contributed by atoms with Crippen LogP contribution in [-0.4, -0.2) is 46.9 Å². The summed E-state index contributed by atoms with van der Waals surface area (Å²) < 4.78 is 5.43. The van der Waals surface area contributed by atoms with Crippen LogP contribution in [0, 0.1) is 0 Å². The smallest absolute Gasteiger partial charge is 0.347 e. The monoisotopic (exact) mass is 392 g/mol. The van der Waals surface area contributed by atoms with E-state index in [9.17, 15) is 14.7 Å². The van der Waals surface area contributed by atoms with Crippen LogP contribution in [0.5, 0.6) is 5.75 Å². The molecule has 0 saturated carbocycles. The summed E-state index contributed by atoms with van der Waals surface area (Å²) in [5, 5.41) is 11.0. The Morgan fingerprint density at radius 2 is 1.66 bits per heavy atom. The number of hydrogen-bond acceptors (Lipinski definition) is 6. The van der Waals surface area contributed by atoms with Gasteiger partial charge in [-0.05, 0) is 30.7 Å². The molecule has 0 spiro atoms. The summed E-state index contributed by atoms with van der Waals surface area (Å²) in [7, 11) is 0. The molecule has 0 aliphatic carbocycles. The van der Waals surface area contributed by atoms with Gasteiger partial charge in [-0.2, -0.15) is 0 Å². The molecule has 0 radical (unpaired) electrons. The normalized spacial score (nSPS) is 15.6. The Kier molecular flexibility index (Phi) is 5.47. The van der Waals surface area contributed by atoms with Crippen LogP contribution in [0.3, 0.4) is 0 Å². The van der Waals surface area contributed by atoms with Crippen LogP contribution >= 0.6 is 0 Å². The van der Waals surface area contributed by atoms with Crippen molar-refractivity contribution in [3.63, 3.8) is 0 Å². The van der Waals surface area contributed by atoms with Crippen molar-refractivity contribution in [3.05, 3.63) is 75.6 Å². The third-order valence-corrected chi connectivity index (χ3v) is 5.46. The number of phenols is 1. The fourth-order valence-electron chi connectivity index (χ4n) is 3.80. The molecule has 2 heterocycles. The predicted molar refractivity (Wildman–Crippen MR) is 111 cm³/mol. The Morgan fingerprint density at radius 1 is 1.00 bits per heavy atom. The first kappa shape index (κ1) is 19.4. The molecule has 3 aromatic rings. The molecular formula is C23H24N2O4. The Labute approximate surface area is 169 Å². The zero-order chi connectivity index (χ0) is 20.4. The second-order valence-corrected chi connectivity index (χ2v) is 7.52. The first-order valence-corrected chi connectivity index (χ1v) is 9.79. The van der Waals surface area contributed by atoms with Crippen LogP contribution < -0.4 is 5.63 Å². The number of carbonyl (C=O) groups is 1. The van der Waals surface area contributed by atoms with Gasteiger partial charge in [-0.15, -0.1) is 0 Å². The SMILES string of the molecule is CC(=O)c1cc2ccc(O)c(CN3CCN(Cc4ccccc4)CC3)c2oc1=O. The van der Waals surface area contributed by atoms with Crippen LogP contribution in [0.2, 0.25) is 0 Å². The van der Waals surface area contributed by atoms with Gasteiger partial charge in [0.25, 0.3) is 0 Å². The average molecular weight is 392 g/mol. The van der Waals surface area contributed by atoms with Crippen molar-refractivity contribution < 1.29 is 14.3 Å². The highest BCUT2D eigenvalue weighted by atomic mass is 16.4. The Balaban J connectivity index is 1.50. The van der Waals surface area contributed by atoms with Crippen molar-refractivity contribution in [2.45, 2.75) is 20.0 Å². The van der Waals surface area contributed by atoms with Crippen molar-refractivity contribution in [1.82, 2.24) is 9.80 Å². The number of aromatic hydroxyl groups is 1. The van der Waals surface area contributed by atoms with E-state index in [1.165, 1.54) is 12.5 Å². The molecule has 6 nitrogen and oxygen atoms in total. The number of carbonyl (C=O) groups excluding carboxylic acids is 1. The van der Waals surface area contributed by atoms with Crippen LogP contribution in [0.4, 0.5) is 0 Å². The Morgan fingerprint density at radius 3 is 2.31 bits per heavy atom. The van der Waals surface area contributed by atoms with Gasteiger partial charge in [0.15, 0.2) is 5.78 Å². The van der Waals surface area contributed by atoms with E-state index in [1.807, 2.05) is 6.07 Å². The van der Waals surface area contributed by atoms with Gasteiger partial charge in [-0.1, -0.05) is 30.3 Å². The summed E-state index contributed by atoms with van der Waals surface area (Å²) in [5.74, 6) is -0.229. The number of piperazine rings is 1. The van der Waals surface area contributed by atoms with Gasteiger partial charge >= 0.3 is 5.63 Å². The lowest BCUT2D eigenvalue weighted by molar-refractivity contribution is 0.101. The lowest BCUT2D eigenvalue weighted by Crippen LogP contribution is -2.45. The summed E-state index contributed by atoms with van der Waals surface area (Å²) in [6.45, 7) is 6.34. The highest BCUT2D eigenvalue weighted by Crippen LogP contribution is 2.28. The summed E-state index contributed by atoms with van der Waals surface area (Å²) >= 11 is 0. The van der Waals surface area contributed by atoms with E-state index >= 15 is 0 Å². The summed E-state index contributed by atoms with van der Waals surface area (Å²) in [6, 6.07) is 15.2. The molecule has 29 heavy (non-hydrogen) atoms. The van der Waals surface area contributed by atoms with Crippen molar-refractivity contribution in [1.29, 1.82) is 0 Å². The molecule has 0 amide bonds. The molecule has 0 unspecified atom stereocenters. The number of phenolic OH excluding ortho intramolecular Hbond substituents is 1. The molecule has 2 aromatic carbocycles. The Hall–Kier alpha value is -2.96. The lowest BCUT2D eigenvalue weighted by Gasteiger charge is -2.34. The molecule has 1 saturated heterocycles. The van der Waals surface area contributed by atoms with Crippen molar-refractivity contribution >= 4 is 16.8 Å². The van der Waals surface area contributed by atoms with Gasteiger partial charge in [0.2, 0.25) is 0 Å². The maximum Gasteiger partial charge on any atom is 0.347 e. The number of nitrogens with zero attached hydrogens (tertiary/aromatic N) is 2. The van der Waals surface area contributed by atoms with E-state index in [0.29, 0.717) is 23.1 Å². The molecule has 1 aliphatic rings. The first-order chi connectivity index (χ1) is 14.0. The van der Waals surface area contributed by atoms with Crippen molar-refractivity contribution in [2.75, 3.05) is 26.2 Å². The van der Waals surface area contributed by atoms with Gasteiger partial charge in [-0.25, -0.2) is 4.79 Å². The third-order valence-electron chi connectivity index (χ3n) is 5.46. The molecule has 1 aliphatic heterocycles. The van der Waals surface area contributed by atoms with Crippen LogP contribution in [-0.2, 0) is 13.1 Å². The lowest BCUT2D eigenvalue weighted by atomic mass is 10.1. The molecule has 0 atom stereocenters. The Bertz CT molecular complexity index is 1080. The topological polar surface area (TPSA) is 74.0 Å². The van der Waals surface area contributed by atoms with Crippen LogP contribution in [0.1, 0.15) is 28.4 Å². The van der Waals surface area contributed by atoms with Crippen molar-refractivity contribution in [3.8, 4) is 5.75 Å². The van der Waals surface area contributed by atoms with Gasteiger partial charge in [0, 0.05) is 44.7 Å². The largest absolute Gasteiger partial charge is 0.507 e. The standard InChI is InChI=1S/C23H24N2O4/c1-16(26)19-13-18-7-8-21(27)20(22(18)29-23(19)28)15-25-11-9-24(10-12-25)14-17-5-3-2-4-6-17/h2-8,13,27H,9-12,14-15H2,1H3. The number of fused-ring (bicyclic) bond motifs is 1. The number of hydrogen-bond donors (Lipinski definition) is 1. The fraction of sp³-hybridized carbons (Fsp3) is 0.304. The number of rotatable bonds is 5. The molecule has 1 fully saturated rings. The second kappa shape index (κ2) is 8.19. The highest BCUT2D eigenvalue weighted by molar-refractivity contribution is 5.97. The zero-order valence-corrected chi connectivity index (χ0v) is 16.4. The summed E-state index contributed by atoms with van der Waals surface area (Å²) in [6.07, 6.45) is 0. The molecule has 0 bridgehead atoms. The summed E-state index contributed by atoms with van der Waals surface area (Å²) in [5.41, 5.74) is 1.61. The number of Topliss-reactive ketones (excluding diaryl/α,β-unsaturated/α-hetero) is 1. The van der Waals surface area contributed by atoms with Crippen molar-refractivity contribution in [2.24, 2.45) is 0 Å². The maximum absolute atomic E-state index is 12.2. The molecule has 4 rings (SSSR count). The first-order valence-electron chi connectivity index (χ1n) is 9.79. The molecule has 6 heteroatoms. The summed E-state index contributed by atoms with van der Waals surface area (Å²) in [4.78, 5) is 28.4. The van der Waals surface area contributed by atoms with E-state index in [0.717, 1.165) is 32.7 Å². The van der Waals surface area contributed by atoms with Gasteiger partial charge < -0.3 is 9.52 Å². The molecule has 1 aromatic heterocycles. The van der Waals surface area contributed by atoms with E-state index < -0.39 is 5.63 Å². The maximum atomic E-state index is 12.2. The van der Waals surface area contributed by atoms with Gasteiger partial charge in [0.05, 0.1) is 5.56 Å². The van der Waals surface area contributed by atoms with Gasteiger partial charge in [0.1, 0.15) is 16.9 Å². The zero-order valence-electron chi connectivity index (χ0n) is 16.4. The number of benzene rings is 2. The quantitative estimate of drug-likeness (QED) is 0.532. The highest BCUT2D eigenvalue weighted by Gasteiger charge is 2.21. The minimum Gasteiger partial charge on any atom is -0.507 e. The average Bonchev–Trinajstić information content (AvgIpc) is 2.72. The van der Waals surface area contributed by atoms with E-state index in [-0.39, 0.29) is 17.1 Å². The van der Waals surface area contributed by atoms with Crippen LogP contribution in [0.15, 0.2) is 57.7 Å². The van der Waals surface area contributed by atoms with E-state index in [4.69, 9.17) is 4.42 Å². The molecule has 150 valence electrons. The third kappa shape index (κ3) is 4.23. The van der Waals surface area contributed by atoms with E-state index in [1.54, 1.807) is 18.2 Å². The predicted octanol–water partition coefficient (Wildman–Crippen LogP) is 3.02. The fourth-order valence-corrected chi connectivity index (χ4v) is 3.80. The minimum atomic E-state index is -0.662. The second-order valence-electron chi connectivity index (χ2n) is 7.52. The number of ketones is 1.